The summed E-state index contributed by atoms with van der Waals surface area (Å²) in [6, 6.07) is 0. The highest BCUT2D eigenvalue weighted by atomic mass is 16.3. The van der Waals surface area contributed by atoms with Crippen molar-refractivity contribution in [2.24, 2.45) is 63.1 Å². The Morgan fingerprint density at radius 3 is 1.61 bits per heavy atom. The van der Waals surface area contributed by atoms with Crippen molar-refractivity contribution in [3.63, 3.8) is 0 Å². The number of aliphatic hydroxyl groups is 1. The molecule has 0 bridgehead atoms. The van der Waals surface area contributed by atoms with Gasteiger partial charge in [-0.2, -0.15) is 0 Å². The molecule has 0 aromatic heterocycles. The van der Waals surface area contributed by atoms with Crippen molar-refractivity contribution in [1.29, 1.82) is 0 Å². The number of carbonyl (C=O) groups is 3. The summed E-state index contributed by atoms with van der Waals surface area (Å²) in [7, 11) is 0. The molecule has 242 valence electrons. The summed E-state index contributed by atoms with van der Waals surface area (Å²) >= 11 is 0. The summed E-state index contributed by atoms with van der Waals surface area (Å²) in [5.74, 6) is 5.86. The molecule has 4 nitrogen and oxygen atoms in total. The van der Waals surface area contributed by atoms with Crippen molar-refractivity contribution in [3.05, 3.63) is 23.3 Å². The number of ketones is 3. The predicted molar refractivity (Wildman–Crippen MR) is 174 cm³/mol. The van der Waals surface area contributed by atoms with E-state index in [-0.39, 0.29) is 27.8 Å². The summed E-state index contributed by atoms with van der Waals surface area (Å²) in [5.41, 5.74) is 3.83. The molecule has 6 saturated carbocycles. The maximum absolute atomic E-state index is 12.1. The minimum atomic E-state index is -0.0823. The van der Waals surface area contributed by atoms with Gasteiger partial charge in [0.05, 0.1) is 6.10 Å². The van der Waals surface area contributed by atoms with Gasteiger partial charge in [-0.3, -0.25) is 14.4 Å². The SMILES string of the molecule is CC(=O)[C@H]1CC[C@H]2[C@@H]3CCC4=CC(=O)CC[C@]4(C)[C@H]3CC[C@]12C.C[C@]12CC[C@H]3[C@@H](CCC4=CC(=O)CC[C@@]43C)[C@@H]1CC[C@@H]2O. The van der Waals surface area contributed by atoms with E-state index < -0.39 is 0 Å². The molecule has 1 N–H and O–H groups in total. The first kappa shape index (κ1) is 31.1. The van der Waals surface area contributed by atoms with Gasteiger partial charge in [0, 0.05) is 18.8 Å². The van der Waals surface area contributed by atoms with E-state index in [1.165, 1.54) is 62.5 Å². The van der Waals surface area contributed by atoms with E-state index in [1.54, 1.807) is 6.92 Å². The number of hydrogen-bond donors (Lipinski definition) is 1. The van der Waals surface area contributed by atoms with Crippen molar-refractivity contribution in [2.45, 2.75) is 143 Å². The van der Waals surface area contributed by atoms with Crippen molar-refractivity contribution in [3.8, 4) is 0 Å². The molecule has 0 aromatic rings. The normalized spacial score (nSPS) is 50.8. The minimum absolute atomic E-state index is 0.0823. The van der Waals surface area contributed by atoms with Crippen LogP contribution in [0.1, 0.15) is 137 Å². The summed E-state index contributed by atoms with van der Waals surface area (Å²) in [6.45, 7) is 11.4. The summed E-state index contributed by atoms with van der Waals surface area (Å²) < 4.78 is 0. The molecule has 8 rings (SSSR count). The summed E-state index contributed by atoms with van der Waals surface area (Å²) in [6.07, 6.45) is 21.7. The molecule has 0 aromatic carbocycles. The molecule has 6 fully saturated rings. The zero-order valence-electron chi connectivity index (χ0n) is 28.3. The van der Waals surface area contributed by atoms with Gasteiger partial charge in [-0.25, -0.2) is 0 Å². The van der Waals surface area contributed by atoms with Crippen LogP contribution < -0.4 is 0 Å². The van der Waals surface area contributed by atoms with Gasteiger partial charge in [-0.15, -0.1) is 0 Å². The zero-order valence-corrected chi connectivity index (χ0v) is 28.3. The zero-order chi connectivity index (χ0) is 31.2. The number of rotatable bonds is 1. The lowest BCUT2D eigenvalue weighted by Gasteiger charge is -2.58. The number of Topliss-reactive ketones (excluding diaryl/α,β-unsaturated/α-hetero) is 1. The van der Waals surface area contributed by atoms with Crippen LogP contribution in [0.4, 0.5) is 0 Å². The van der Waals surface area contributed by atoms with Crippen molar-refractivity contribution < 1.29 is 19.5 Å². The van der Waals surface area contributed by atoms with Crippen molar-refractivity contribution in [1.82, 2.24) is 0 Å². The lowest BCUT2D eigenvalue weighted by Crippen LogP contribution is -2.51. The van der Waals surface area contributed by atoms with Crippen LogP contribution in [0.15, 0.2) is 23.3 Å². The van der Waals surface area contributed by atoms with Gasteiger partial charge in [0.2, 0.25) is 0 Å². The van der Waals surface area contributed by atoms with Crippen LogP contribution in [-0.2, 0) is 14.4 Å². The van der Waals surface area contributed by atoms with Crippen LogP contribution in [0.2, 0.25) is 0 Å². The Hall–Kier alpha value is -1.55. The highest BCUT2D eigenvalue weighted by molar-refractivity contribution is 5.92. The van der Waals surface area contributed by atoms with Crippen LogP contribution in [0.5, 0.6) is 0 Å². The fourth-order valence-electron chi connectivity index (χ4n) is 13.8. The molecule has 44 heavy (non-hydrogen) atoms. The van der Waals surface area contributed by atoms with Gasteiger partial charge < -0.3 is 5.11 Å². The largest absolute Gasteiger partial charge is 0.393 e. The fraction of sp³-hybridized carbons (Fsp3) is 0.825. The average Bonchev–Trinajstić information content (AvgIpc) is 3.50. The number of fused-ring (bicyclic) bond motifs is 10. The third-order valence-corrected chi connectivity index (χ3v) is 16.4. The predicted octanol–water partition coefficient (Wildman–Crippen LogP) is 8.60. The average molecular weight is 603 g/mol. The van der Waals surface area contributed by atoms with Crippen LogP contribution >= 0.6 is 0 Å². The molecule has 0 saturated heterocycles. The first-order valence-electron chi connectivity index (χ1n) is 18.5. The Bertz CT molecular complexity index is 1290. The number of allylic oxidation sites excluding steroid dienone is 2. The monoisotopic (exact) mass is 602 g/mol. The highest BCUT2D eigenvalue weighted by Crippen LogP contribution is 2.67. The molecule has 0 unspecified atom stereocenters. The summed E-state index contributed by atoms with van der Waals surface area (Å²) in [4.78, 5) is 35.8. The van der Waals surface area contributed by atoms with Gasteiger partial charge in [0.1, 0.15) is 5.78 Å². The maximum atomic E-state index is 12.1. The Morgan fingerprint density at radius 1 is 0.614 bits per heavy atom. The molecule has 12 atom stereocenters. The number of hydrogen-bond acceptors (Lipinski definition) is 4. The molecular weight excluding hydrogens is 544 g/mol. The molecule has 8 aliphatic carbocycles. The molecule has 0 aliphatic heterocycles. The molecule has 0 heterocycles. The smallest absolute Gasteiger partial charge is 0.155 e. The molecular formula is C40H58O4. The summed E-state index contributed by atoms with van der Waals surface area (Å²) in [5, 5.41) is 10.4. The van der Waals surface area contributed by atoms with Crippen LogP contribution in [0.3, 0.4) is 0 Å². The lowest BCUT2D eigenvalue weighted by atomic mass is 9.47. The van der Waals surface area contributed by atoms with E-state index in [2.05, 4.69) is 27.7 Å². The van der Waals surface area contributed by atoms with Crippen LogP contribution in [-0.4, -0.2) is 28.6 Å². The van der Waals surface area contributed by atoms with Gasteiger partial charge in [-0.05, 0) is 166 Å². The second-order valence-corrected chi connectivity index (χ2v) is 17.9. The first-order valence-corrected chi connectivity index (χ1v) is 18.5. The molecule has 0 amide bonds. The Labute approximate surface area is 266 Å². The third-order valence-electron chi connectivity index (χ3n) is 16.4. The van der Waals surface area contributed by atoms with Crippen LogP contribution in [0, 0.1) is 63.1 Å². The number of aliphatic hydroxyl groups excluding tert-OH is 1. The quantitative estimate of drug-likeness (QED) is 0.326. The van der Waals surface area contributed by atoms with Gasteiger partial charge >= 0.3 is 0 Å². The van der Waals surface area contributed by atoms with Crippen LogP contribution in [0.25, 0.3) is 0 Å². The Kier molecular flexibility index (Phi) is 7.59. The Balaban J connectivity index is 0.000000143. The van der Waals surface area contributed by atoms with E-state index in [0.717, 1.165) is 81.0 Å². The molecule has 8 aliphatic rings. The minimum Gasteiger partial charge on any atom is -0.393 e. The van der Waals surface area contributed by atoms with Crippen molar-refractivity contribution >= 4 is 17.3 Å². The highest BCUT2D eigenvalue weighted by Gasteiger charge is 2.60. The van der Waals surface area contributed by atoms with E-state index in [4.69, 9.17) is 0 Å². The van der Waals surface area contributed by atoms with E-state index in [9.17, 15) is 19.5 Å². The maximum Gasteiger partial charge on any atom is 0.155 e. The van der Waals surface area contributed by atoms with Gasteiger partial charge in [-0.1, -0.05) is 38.8 Å². The molecule has 0 spiro atoms. The van der Waals surface area contributed by atoms with Gasteiger partial charge in [0.25, 0.3) is 0 Å². The third kappa shape index (κ3) is 4.49. The first-order chi connectivity index (χ1) is 20.8. The Morgan fingerprint density at radius 2 is 1.09 bits per heavy atom. The fourth-order valence-corrected chi connectivity index (χ4v) is 13.8. The van der Waals surface area contributed by atoms with Crippen molar-refractivity contribution in [2.75, 3.05) is 0 Å². The standard InChI is InChI=1S/C21H30O2.C19H28O2/c1-13(22)17-6-7-18-16-5-4-14-12-15(23)8-10-20(14,2)19(16)9-11-21(17,18)3;1-18-9-7-13(20)11-12(18)3-4-14-15-5-6-17(21)19(15,2)10-8-16(14)18/h12,16-19H,4-11H2,1-3H3;11,14-17,21H,3-10H2,1-2H3/t16-,17+,18-,19-,20-,21+;14-,15-,16-,17-,18-,19-/m00/s1. The van der Waals surface area contributed by atoms with Gasteiger partial charge in [0.15, 0.2) is 11.6 Å². The molecule has 4 heteroatoms. The topological polar surface area (TPSA) is 71.4 Å². The number of carbonyl (C=O) groups excluding carboxylic acids is 3. The van der Waals surface area contributed by atoms with E-state index in [1.807, 2.05) is 12.2 Å². The lowest BCUT2D eigenvalue weighted by molar-refractivity contribution is -0.128. The second kappa shape index (κ2) is 10.7. The molecule has 0 radical (unpaired) electrons. The van der Waals surface area contributed by atoms with E-state index in [0.29, 0.717) is 29.2 Å². The second-order valence-electron chi connectivity index (χ2n) is 17.9. The van der Waals surface area contributed by atoms with E-state index >= 15 is 0 Å².